The third-order valence-corrected chi connectivity index (χ3v) is 6.23. The molecule has 0 saturated carbocycles. The fraction of sp³-hybridized carbons (Fsp3) is 0.636. The molecule has 1 aromatic heterocycles. The van der Waals surface area contributed by atoms with Crippen molar-refractivity contribution in [3.05, 3.63) is 16.5 Å². The lowest BCUT2D eigenvalue weighted by molar-refractivity contribution is 0.0632. The summed E-state index contributed by atoms with van der Waals surface area (Å²) < 4.78 is 37.1. The largest absolute Gasteiger partial charge is 0.452 e. The van der Waals surface area contributed by atoms with Crippen LogP contribution in [0, 0.1) is 0 Å². The second-order valence-corrected chi connectivity index (χ2v) is 7.30. The van der Waals surface area contributed by atoms with E-state index in [4.69, 9.17) is 20.8 Å². The summed E-state index contributed by atoms with van der Waals surface area (Å²) in [4.78, 5) is 0.122. The Morgan fingerprint density at radius 1 is 1.47 bits per heavy atom. The second-order valence-electron chi connectivity index (χ2n) is 4.35. The van der Waals surface area contributed by atoms with Crippen molar-refractivity contribution >= 4 is 37.6 Å². The van der Waals surface area contributed by atoms with Crippen molar-refractivity contribution in [2.24, 2.45) is 0 Å². The fourth-order valence-corrected chi connectivity index (χ4v) is 4.55. The number of hydrogen-bond donors (Lipinski definition) is 0. The van der Waals surface area contributed by atoms with Gasteiger partial charge in [0.15, 0.2) is 4.67 Å². The minimum Gasteiger partial charge on any atom is -0.452 e. The van der Waals surface area contributed by atoms with Gasteiger partial charge >= 0.3 is 0 Å². The van der Waals surface area contributed by atoms with Gasteiger partial charge in [0.2, 0.25) is 10.0 Å². The SMILES string of the molecule is CN(C1CCOCC1)S(=O)(=O)c1cc(CCl)oc1Br. The number of hydrogen-bond acceptors (Lipinski definition) is 4. The number of halogens is 2. The molecular weight excluding hydrogens is 358 g/mol. The highest BCUT2D eigenvalue weighted by Gasteiger charge is 2.32. The van der Waals surface area contributed by atoms with Gasteiger partial charge in [-0.25, -0.2) is 8.42 Å². The molecule has 1 aliphatic rings. The summed E-state index contributed by atoms with van der Waals surface area (Å²) in [5.41, 5.74) is 0. The Kier molecular flexibility index (Phi) is 4.94. The van der Waals surface area contributed by atoms with Crippen LogP contribution in [0.1, 0.15) is 18.6 Å². The third-order valence-electron chi connectivity index (χ3n) is 3.20. The van der Waals surface area contributed by atoms with Gasteiger partial charge in [0.05, 0.1) is 5.88 Å². The highest BCUT2D eigenvalue weighted by atomic mass is 79.9. The van der Waals surface area contributed by atoms with Crippen LogP contribution >= 0.6 is 27.5 Å². The maximum absolute atomic E-state index is 12.5. The lowest BCUT2D eigenvalue weighted by atomic mass is 10.1. The van der Waals surface area contributed by atoms with E-state index >= 15 is 0 Å². The van der Waals surface area contributed by atoms with Gasteiger partial charge in [-0.15, -0.1) is 11.6 Å². The molecule has 0 amide bonds. The Morgan fingerprint density at radius 3 is 2.63 bits per heavy atom. The van der Waals surface area contributed by atoms with E-state index < -0.39 is 10.0 Å². The first-order chi connectivity index (χ1) is 8.96. The number of rotatable bonds is 4. The maximum atomic E-state index is 12.5. The molecule has 0 unspecified atom stereocenters. The smallest absolute Gasteiger partial charge is 0.247 e. The molecule has 5 nitrogen and oxygen atoms in total. The molecule has 1 fully saturated rings. The van der Waals surface area contributed by atoms with E-state index in [-0.39, 0.29) is 21.5 Å². The number of ether oxygens (including phenoxy) is 1. The predicted octanol–water partition coefficient (Wildman–Crippen LogP) is 2.58. The first kappa shape index (κ1) is 15.3. The quantitative estimate of drug-likeness (QED) is 0.762. The molecule has 0 aromatic carbocycles. The number of sulfonamides is 1. The van der Waals surface area contributed by atoms with Crippen LogP contribution in [0.25, 0.3) is 0 Å². The van der Waals surface area contributed by atoms with Crippen molar-refractivity contribution in [2.75, 3.05) is 20.3 Å². The molecule has 0 bridgehead atoms. The van der Waals surface area contributed by atoms with Gasteiger partial charge < -0.3 is 9.15 Å². The van der Waals surface area contributed by atoms with Crippen LogP contribution in [0.5, 0.6) is 0 Å². The van der Waals surface area contributed by atoms with Crippen molar-refractivity contribution < 1.29 is 17.6 Å². The summed E-state index contributed by atoms with van der Waals surface area (Å²) in [6.45, 7) is 1.17. The molecule has 1 saturated heterocycles. The molecule has 2 heterocycles. The monoisotopic (exact) mass is 371 g/mol. The van der Waals surface area contributed by atoms with Crippen LogP contribution in [0.4, 0.5) is 0 Å². The fourth-order valence-electron chi connectivity index (χ4n) is 2.04. The van der Waals surface area contributed by atoms with Crippen molar-refractivity contribution in [2.45, 2.75) is 29.7 Å². The van der Waals surface area contributed by atoms with E-state index in [0.29, 0.717) is 31.8 Å². The standard InChI is InChI=1S/C11H15BrClNO4S/c1-14(8-2-4-17-5-3-8)19(15,16)10-6-9(7-13)18-11(10)12/h6,8H,2-5,7H2,1H3. The maximum Gasteiger partial charge on any atom is 0.247 e. The van der Waals surface area contributed by atoms with Crippen LogP contribution in [0.2, 0.25) is 0 Å². The van der Waals surface area contributed by atoms with E-state index in [0.717, 1.165) is 0 Å². The second kappa shape index (κ2) is 6.13. The minimum absolute atomic E-state index is 0.0417. The zero-order valence-corrected chi connectivity index (χ0v) is 13.6. The topological polar surface area (TPSA) is 59.8 Å². The summed E-state index contributed by atoms with van der Waals surface area (Å²) in [5, 5.41) is 0. The Balaban J connectivity index is 2.27. The highest BCUT2D eigenvalue weighted by Crippen LogP contribution is 2.31. The molecule has 108 valence electrons. The summed E-state index contributed by atoms with van der Waals surface area (Å²) in [6.07, 6.45) is 1.40. The van der Waals surface area contributed by atoms with Gasteiger partial charge in [-0.05, 0) is 28.8 Å². The molecular formula is C11H15BrClNO4S. The van der Waals surface area contributed by atoms with Crippen LogP contribution in [-0.2, 0) is 20.6 Å². The van der Waals surface area contributed by atoms with E-state index in [1.165, 1.54) is 10.4 Å². The van der Waals surface area contributed by atoms with Gasteiger partial charge in [-0.2, -0.15) is 4.31 Å². The lowest BCUT2D eigenvalue weighted by Gasteiger charge is -2.30. The van der Waals surface area contributed by atoms with Crippen molar-refractivity contribution in [1.29, 1.82) is 0 Å². The third kappa shape index (κ3) is 3.16. The molecule has 8 heteroatoms. The van der Waals surface area contributed by atoms with Gasteiger partial charge in [0.1, 0.15) is 10.7 Å². The van der Waals surface area contributed by atoms with Crippen molar-refractivity contribution in [3.63, 3.8) is 0 Å². The van der Waals surface area contributed by atoms with Crippen LogP contribution in [-0.4, -0.2) is 39.0 Å². The zero-order valence-electron chi connectivity index (χ0n) is 10.4. The molecule has 0 spiro atoms. The molecule has 19 heavy (non-hydrogen) atoms. The average molecular weight is 373 g/mol. The van der Waals surface area contributed by atoms with Gasteiger partial charge in [-0.3, -0.25) is 0 Å². The van der Waals surface area contributed by atoms with Crippen LogP contribution in [0.15, 0.2) is 20.0 Å². The molecule has 1 aliphatic heterocycles. The van der Waals surface area contributed by atoms with E-state index in [1.54, 1.807) is 7.05 Å². The van der Waals surface area contributed by atoms with Crippen LogP contribution < -0.4 is 0 Å². The van der Waals surface area contributed by atoms with Gasteiger partial charge in [0, 0.05) is 32.4 Å². The van der Waals surface area contributed by atoms with E-state index in [1.807, 2.05) is 0 Å². The first-order valence-electron chi connectivity index (χ1n) is 5.86. The summed E-state index contributed by atoms with van der Waals surface area (Å²) in [6, 6.07) is 1.42. The van der Waals surface area contributed by atoms with Gasteiger partial charge in [-0.1, -0.05) is 0 Å². The molecule has 0 N–H and O–H groups in total. The summed E-state index contributed by atoms with van der Waals surface area (Å²) in [5.74, 6) is 0.558. The van der Waals surface area contributed by atoms with Crippen LogP contribution in [0.3, 0.4) is 0 Å². The highest BCUT2D eigenvalue weighted by molar-refractivity contribution is 9.10. The molecule has 2 rings (SSSR count). The summed E-state index contributed by atoms with van der Waals surface area (Å²) >= 11 is 8.78. The lowest BCUT2D eigenvalue weighted by Crippen LogP contribution is -2.40. The van der Waals surface area contributed by atoms with Crippen molar-refractivity contribution in [1.82, 2.24) is 4.31 Å². The first-order valence-corrected chi connectivity index (χ1v) is 8.63. The molecule has 1 aromatic rings. The zero-order chi connectivity index (χ0) is 14.0. The predicted molar refractivity (Wildman–Crippen MR) is 74.8 cm³/mol. The number of nitrogens with zero attached hydrogens (tertiary/aromatic N) is 1. The molecule has 0 atom stereocenters. The Morgan fingerprint density at radius 2 is 2.11 bits per heavy atom. The number of alkyl halides is 1. The molecule has 0 aliphatic carbocycles. The Labute approximate surface area is 126 Å². The minimum atomic E-state index is -3.58. The summed E-state index contributed by atoms with van der Waals surface area (Å²) in [7, 11) is -1.99. The molecule has 0 radical (unpaired) electrons. The van der Waals surface area contributed by atoms with E-state index in [9.17, 15) is 8.42 Å². The Hall–Kier alpha value is -0.0800. The van der Waals surface area contributed by atoms with Gasteiger partial charge in [0.25, 0.3) is 0 Å². The number of furan rings is 1. The Bertz CT molecular complexity index is 539. The van der Waals surface area contributed by atoms with E-state index in [2.05, 4.69) is 15.9 Å². The average Bonchev–Trinajstić information content (AvgIpc) is 2.81. The van der Waals surface area contributed by atoms with Crippen molar-refractivity contribution in [3.8, 4) is 0 Å². The normalized spacial score (nSPS) is 18.1.